The largest absolute Gasteiger partial charge is 0.214 e. The Balaban J connectivity index is 2.62. The molecule has 17 heavy (non-hydrogen) atoms. The maximum Gasteiger partial charge on any atom is 0.213 e. The van der Waals surface area contributed by atoms with Crippen LogP contribution in [0.4, 0.5) is 0 Å². The first kappa shape index (κ1) is 14.2. The van der Waals surface area contributed by atoms with Crippen LogP contribution in [0.25, 0.3) is 0 Å². The van der Waals surface area contributed by atoms with E-state index < -0.39 is 10.0 Å². The molecule has 0 aromatic heterocycles. The predicted octanol–water partition coefficient (Wildman–Crippen LogP) is 2.43. The number of sulfonamides is 1. The molecule has 3 nitrogen and oxygen atoms in total. The van der Waals surface area contributed by atoms with E-state index in [1.165, 1.54) is 5.56 Å². The second kappa shape index (κ2) is 5.65. The number of rotatable bonds is 5. The fraction of sp³-hybridized carbons (Fsp3) is 0.538. The molecule has 0 fully saturated rings. The van der Waals surface area contributed by atoms with Crippen LogP contribution in [0.5, 0.6) is 0 Å². The Bertz CT molecular complexity index is 449. The van der Waals surface area contributed by atoms with Crippen LogP contribution in [0.15, 0.2) is 24.3 Å². The zero-order valence-electron chi connectivity index (χ0n) is 10.9. The van der Waals surface area contributed by atoms with E-state index in [-0.39, 0.29) is 11.2 Å². The van der Waals surface area contributed by atoms with Crippen molar-refractivity contribution in [1.82, 2.24) is 4.72 Å². The normalized spacial score (nSPS) is 13.9. The molecule has 0 aliphatic rings. The Hall–Kier alpha value is -0.870. The summed E-state index contributed by atoms with van der Waals surface area (Å²) in [7, 11) is -3.16. The molecule has 0 saturated carbocycles. The third-order valence-electron chi connectivity index (χ3n) is 2.86. The highest BCUT2D eigenvalue weighted by Gasteiger charge is 2.16. The Labute approximate surface area is 104 Å². The molecule has 0 amide bonds. The minimum Gasteiger partial charge on any atom is -0.214 e. The third-order valence-corrected chi connectivity index (χ3v) is 4.67. The molecule has 1 N–H and O–H groups in total. The summed E-state index contributed by atoms with van der Waals surface area (Å²) < 4.78 is 25.9. The first-order valence-corrected chi connectivity index (χ1v) is 7.42. The molecule has 0 saturated heterocycles. The van der Waals surface area contributed by atoms with E-state index in [1.54, 1.807) is 13.8 Å². The molecule has 1 atom stereocenters. The van der Waals surface area contributed by atoms with Crippen LogP contribution in [0.1, 0.15) is 37.8 Å². The van der Waals surface area contributed by atoms with Crippen LogP contribution < -0.4 is 4.72 Å². The quantitative estimate of drug-likeness (QED) is 0.878. The van der Waals surface area contributed by atoms with Crippen LogP contribution in [0.2, 0.25) is 0 Å². The Morgan fingerprint density at radius 3 is 2.12 bits per heavy atom. The zero-order chi connectivity index (χ0) is 13.1. The summed E-state index contributed by atoms with van der Waals surface area (Å²) in [6.07, 6.45) is 0. The lowest BCUT2D eigenvalue weighted by atomic mass is 10.0. The van der Waals surface area contributed by atoms with Crippen LogP contribution in [-0.2, 0) is 10.0 Å². The fourth-order valence-electron chi connectivity index (χ4n) is 1.42. The third kappa shape index (κ3) is 4.13. The van der Waals surface area contributed by atoms with Crippen LogP contribution in [0.3, 0.4) is 0 Å². The van der Waals surface area contributed by atoms with Gasteiger partial charge in [0, 0.05) is 6.54 Å². The van der Waals surface area contributed by atoms with E-state index in [1.807, 2.05) is 38.1 Å². The molecule has 0 aliphatic carbocycles. The van der Waals surface area contributed by atoms with Gasteiger partial charge in [0.05, 0.1) is 5.25 Å². The van der Waals surface area contributed by atoms with E-state index in [0.717, 1.165) is 5.56 Å². The van der Waals surface area contributed by atoms with E-state index in [0.29, 0.717) is 6.54 Å². The van der Waals surface area contributed by atoms with Crippen LogP contribution >= 0.6 is 0 Å². The minimum absolute atomic E-state index is 0.184. The number of hydrogen-bond acceptors (Lipinski definition) is 2. The first-order chi connectivity index (χ1) is 7.83. The Morgan fingerprint density at radius 2 is 1.65 bits per heavy atom. The van der Waals surface area contributed by atoms with Crippen molar-refractivity contribution in [2.75, 3.05) is 6.54 Å². The van der Waals surface area contributed by atoms with Crippen molar-refractivity contribution in [3.8, 4) is 0 Å². The second-order valence-corrected chi connectivity index (χ2v) is 7.08. The average molecular weight is 255 g/mol. The Morgan fingerprint density at radius 1 is 1.12 bits per heavy atom. The van der Waals surface area contributed by atoms with Gasteiger partial charge in [-0.25, -0.2) is 13.1 Å². The number of benzene rings is 1. The van der Waals surface area contributed by atoms with E-state index in [9.17, 15) is 8.42 Å². The molecule has 0 unspecified atom stereocenters. The van der Waals surface area contributed by atoms with Gasteiger partial charge >= 0.3 is 0 Å². The Kier molecular flexibility index (Phi) is 4.71. The highest BCUT2D eigenvalue weighted by atomic mass is 32.2. The summed E-state index contributed by atoms with van der Waals surface area (Å²) >= 11 is 0. The fourth-order valence-corrected chi connectivity index (χ4v) is 2.24. The monoisotopic (exact) mass is 255 g/mol. The molecule has 0 bridgehead atoms. The van der Waals surface area contributed by atoms with Gasteiger partial charge < -0.3 is 0 Å². The summed E-state index contributed by atoms with van der Waals surface area (Å²) in [5.41, 5.74) is 2.37. The molecule has 96 valence electrons. The lowest BCUT2D eigenvalue weighted by Gasteiger charge is -2.15. The van der Waals surface area contributed by atoms with Gasteiger partial charge in [-0.15, -0.1) is 0 Å². The van der Waals surface area contributed by atoms with Gasteiger partial charge in [-0.05, 0) is 32.3 Å². The zero-order valence-corrected chi connectivity index (χ0v) is 11.7. The van der Waals surface area contributed by atoms with Crippen molar-refractivity contribution >= 4 is 10.0 Å². The van der Waals surface area contributed by atoms with E-state index in [4.69, 9.17) is 0 Å². The summed E-state index contributed by atoms with van der Waals surface area (Å²) in [6, 6.07) is 8.18. The summed E-state index contributed by atoms with van der Waals surface area (Å²) in [4.78, 5) is 0. The van der Waals surface area contributed by atoms with Gasteiger partial charge in [0.15, 0.2) is 0 Å². The highest BCUT2D eigenvalue weighted by molar-refractivity contribution is 7.90. The van der Waals surface area contributed by atoms with Crippen molar-refractivity contribution in [3.05, 3.63) is 35.4 Å². The topological polar surface area (TPSA) is 46.2 Å². The van der Waals surface area contributed by atoms with Crippen LogP contribution in [0, 0.1) is 6.92 Å². The molecule has 4 heteroatoms. The maximum atomic E-state index is 11.6. The van der Waals surface area contributed by atoms with Crippen molar-refractivity contribution < 1.29 is 8.42 Å². The average Bonchev–Trinajstić information content (AvgIpc) is 2.27. The molecular weight excluding hydrogens is 234 g/mol. The molecular formula is C13H21NO2S. The van der Waals surface area contributed by atoms with E-state index in [2.05, 4.69) is 4.72 Å². The number of aryl methyl sites for hydroxylation is 1. The first-order valence-electron chi connectivity index (χ1n) is 5.88. The molecule has 0 heterocycles. The van der Waals surface area contributed by atoms with E-state index >= 15 is 0 Å². The van der Waals surface area contributed by atoms with Crippen molar-refractivity contribution in [1.29, 1.82) is 0 Å². The molecule has 0 spiro atoms. The number of nitrogens with one attached hydrogen (secondary N) is 1. The molecule has 0 aliphatic heterocycles. The highest BCUT2D eigenvalue weighted by Crippen LogP contribution is 2.15. The van der Waals surface area contributed by atoms with Gasteiger partial charge in [0.2, 0.25) is 10.0 Å². The van der Waals surface area contributed by atoms with Crippen molar-refractivity contribution in [2.24, 2.45) is 0 Å². The van der Waals surface area contributed by atoms with Crippen molar-refractivity contribution in [2.45, 2.75) is 38.9 Å². The van der Waals surface area contributed by atoms with Gasteiger partial charge in [0.25, 0.3) is 0 Å². The number of hydrogen-bond donors (Lipinski definition) is 1. The second-order valence-electron chi connectivity index (χ2n) is 4.75. The smallest absolute Gasteiger partial charge is 0.213 e. The minimum atomic E-state index is -3.16. The summed E-state index contributed by atoms with van der Waals surface area (Å²) in [6.45, 7) is 7.87. The molecule has 1 aromatic rings. The standard InChI is InChI=1S/C13H21NO2S/c1-10(2)17(15,16)14-9-12(4)13-7-5-11(3)6-8-13/h5-8,10,12,14H,9H2,1-4H3/t12-/m0/s1. The van der Waals surface area contributed by atoms with Gasteiger partial charge in [0.1, 0.15) is 0 Å². The summed E-state index contributed by atoms with van der Waals surface area (Å²) in [5.74, 6) is 0.184. The maximum absolute atomic E-state index is 11.6. The predicted molar refractivity (Wildman–Crippen MR) is 71.7 cm³/mol. The lowest BCUT2D eigenvalue weighted by molar-refractivity contribution is 0.566. The van der Waals surface area contributed by atoms with Gasteiger partial charge in [-0.1, -0.05) is 36.8 Å². The van der Waals surface area contributed by atoms with Crippen LogP contribution in [-0.4, -0.2) is 20.2 Å². The van der Waals surface area contributed by atoms with Crippen molar-refractivity contribution in [3.63, 3.8) is 0 Å². The van der Waals surface area contributed by atoms with Gasteiger partial charge in [-0.2, -0.15) is 0 Å². The molecule has 0 radical (unpaired) electrons. The lowest BCUT2D eigenvalue weighted by Crippen LogP contribution is -2.33. The SMILES string of the molecule is Cc1ccc([C@@H](C)CNS(=O)(=O)C(C)C)cc1. The summed E-state index contributed by atoms with van der Waals surface area (Å²) in [5, 5.41) is -0.382. The molecule has 1 aromatic carbocycles. The van der Waals surface area contributed by atoms with Gasteiger partial charge in [-0.3, -0.25) is 0 Å². The molecule has 1 rings (SSSR count).